The van der Waals surface area contributed by atoms with Gasteiger partial charge in [-0.3, -0.25) is 9.52 Å². The highest BCUT2D eigenvalue weighted by Crippen LogP contribution is 2.25. The summed E-state index contributed by atoms with van der Waals surface area (Å²) in [5, 5.41) is 9.29. The molecular weight excluding hydrogens is 482 g/mol. The van der Waals surface area contributed by atoms with Gasteiger partial charge in [0.2, 0.25) is 0 Å². The van der Waals surface area contributed by atoms with E-state index in [1.807, 2.05) is 60.7 Å². The highest BCUT2D eigenvalue weighted by molar-refractivity contribution is 7.93. The smallest absolute Gasteiger partial charge is 0.276 e. The number of nitrogens with one attached hydrogen (secondary N) is 2. The third kappa shape index (κ3) is 4.98. The Hall–Kier alpha value is -4.28. The van der Waals surface area contributed by atoms with Crippen LogP contribution in [-0.2, 0) is 10.0 Å². The first-order chi connectivity index (χ1) is 17.0. The van der Waals surface area contributed by atoms with E-state index in [-0.39, 0.29) is 15.7 Å². The fourth-order valence-corrected chi connectivity index (χ4v) is 5.22. The minimum absolute atomic E-state index is 0.0606. The van der Waals surface area contributed by atoms with Crippen molar-refractivity contribution >= 4 is 38.1 Å². The van der Waals surface area contributed by atoms with Gasteiger partial charge >= 0.3 is 0 Å². The van der Waals surface area contributed by atoms with Gasteiger partial charge in [0.25, 0.3) is 15.9 Å². The summed E-state index contributed by atoms with van der Waals surface area (Å²) < 4.78 is 29.2. The molecule has 2 aromatic heterocycles. The van der Waals surface area contributed by atoms with Gasteiger partial charge in [0.05, 0.1) is 16.3 Å². The number of amides is 1. The lowest BCUT2D eigenvalue weighted by atomic mass is 10.1. The van der Waals surface area contributed by atoms with Crippen molar-refractivity contribution in [3.8, 4) is 16.9 Å². The van der Waals surface area contributed by atoms with Crippen molar-refractivity contribution in [3.05, 3.63) is 108 Å². The zero-order valence-corrected chi connectivity index (χ0v) is 19.8. The van der Waals surface area contributed by atoms with Crippen LogP contribution < -0.4 is 10.0 Å². The summed E-state index contributed by atoms with van der Waals surface area (Å²) in [5.41, 5.74) is 3.20. The maximum atomic E-state index is 13.0. The molecule has 0 fully saturated rings. The average Bonchev–Trinajstić information content (AvgIpc) is 3.55. The number of aromatic nitrogens is 3. The summed E-state index contributed by atoms with van der Waals surface area (Å²) in [5.74, 6) is -0.409. The van der Waals surface area contributed by atoms with Crippen LogP contribution in [0.3, 0.4) is 0 Å². The molecule has 35 heavy (non-hydrogen) atoms. The molecule has 0 unspecified atom stereocenters. The zero-order valence-electron chi connectivity index (χ0n) is 18.2. The van der Waals surface area contributed by atoms with E-state index in [1.165, 1.54) is 41.8 Å². The SMILES string of the molecule is O=C(Nc1ccc(S(=O)(=O)Nc2nccs2)cc1)c1cc(-c2ccccc2)n(-c2ccccc2)n1. The molecule has 0 aliphatic carbocycles. The van der Waals surface area contributed by atoms with E-state index in [0.29, 0.717) is 5.69 Å². The lowest BCUT2D eigenvalue weighted by Crippen LogP contribution is -2.14. The van der Waals surface area contributed by atoms with Gasteiger partial charge in [-0.15, -0.1) is 11.3 Å². The van der Waals surface area contributed by atoms with Crippen LogP contribution in [0, 0.1) is 0 Å². The number of hydrogen-bond donors (Lipinski definition) is 2. The highest BCUT2D eigenvalue weighted by Gasteiger charge is 2.18. The summed E-state index contributed by atoms with van der Waals surface area (Å²) in [6.07, 6.45) is 1.52. The molecule has 1 amide bonds. The van der Waals surface area contributed by atoms with Crippen molar-refractivity contribution in [1.29, 1.82) is 0 Å². The molecule has 0 bridgehead atoms. The molecule has 0 atom stereocenters. The van der Waals surface area contributed by atoms with Crippen molar-refractivity contribution in [1.82, 2.24) is 14.8 Å². The first kappa shape index (κ1) is 22.5. The largest absolute Gasteiger partial charge is 0.321 e. The van der Waals surface area contributed by atoms with Gasteiger partial charge in [-0.25, -0.2) is 18.1 Å². The van der Waals surface area contributed by atoms with Gasteiger partial charge in [-0.1, -0.05) is 48.5 Å². The van der Waals surface area contributed by atoms with Crippen LogP contribution in [0.4, 0.5) is 10.8 Å². The number of nitrogens with zero attached hydrogens (tertiary/aromatic N) is 3. The van der Waals surface area contributed by atoms with Crippen molar-refractivity contribution in [2.45, 2.75) is 4.90 Å². The summed E-state index contributed by atoms with van der Waals surface area (Å²) in [7, 11) is -3.77. The zero-order chi connectivity index (χ0) is 24.3. The van der Waals surface area contributed by atoms with Gasteiger partial charge in [0.1, 0.15) is 0 Å². The van der Waals surface area contributed by atoms with Crippen LogP contribution in [0.25, 0.3) is 16.9 Å². The first-order valence-electron chi connectivity index (χ1n) is 10.5. The number of sulfonamides is 1. The van der Waals surface area contributed by atoms with Crippen LogP contribution in [0.1, 0.15) is 10.5 Å². The Kier molecular flexibility index (Phi) is 6.13. The van der Waals surface area contributed by atoms with Gasteiger partial charge in [-0.05, 0) is 42.5 Å². The number of thiazole rings is 1. The van der Waals surface area contributed by atoms with E-state index in [2.05, 4.69) is 20.1 Å². The average molecular weight is 502 g/mol. The lowest BCUT2D eigenvalue weighted by molar-refractivity contribution is 0.102. The second-order valence-electron chi connectivity index (χ2n) is 7.45. The minimum Gasteiger partial charge on any atom is -0.321 e. The number of carbonyl (C=O) groups is 1. The molecule has 0 radical (unpaired) electrons. The van der Waals surface area contributed by atoms with Gasteiger partial charge in [0, 0.05) is 22.8 Å². The summed E-state index contributed by atoms with van der Waals surface area (Å²) in [6, 6.07) is 26.9. The van der Waals surface area contributed by atoms with E-state index in [1.54, 1.807) is 16.1 Å². The number of hydrogen-bond acceptors (Lipinski definition) is 6. The third-order valence-corrected chi connectivity index (χ3v) is 7.26. The highest BCUT2D eigenvalue weighted by atomic mass is 32.2. The number of para-hydroxylation sites is 1. The quantitative estimate of drug-likeness (QED) is 0.325. The van der Waals surface area contributed by atoms with Crippen LogP contribution in [0.15, 0.2) is 107 Å². The molecule has 2 N–H and O–H groups in total. The van der Waals surface area contributed by atoms with Gasteiger partial charge in [-0.2, -0.15) is 5.10 Å². The fourth-order valence-electron chi connectivity index (χ4n) is 3.43. The standard InChI is InChI=1S/C25H19N5O3S2/c31-24(27-19-11-13-21(14-12-19)35(32,33)29-25-26-15-16-34-25)22-17-23(18-7-3-1-4-8-18)30(28-22)20-9-5-2-6-10-20/h1-17H,(H,26,29)(H,27,31). The minimum atomic E-state index is -3.77. The first-order valence-corrected chi connectivity index (χ1v) is 12.9. The van der Waals surface area contributed by atoms with Crippen molar-refractivity contribution in [2.75, 3.05) is 10.0 Å². The summed E-state index contributed by atoms with van der Waals surface area (Å²) in [6.45, 7) is 0. The monoisotopic (exact) mass is 501 g/mol. The number of benzene rings is 3. The maximum Gasteiger partial charge on any atom is 0.276 e. The molecule has 10 heteroatoms. The number of rotatable bonds is 7. The molecule has 0 saturated heterocycles. The predicted molar refractivity (Wildman–Crippen MR) is 136 cm³/mol. The predicted octanol–water partition coefficient (Wildman–Crippen LogP) is 5.05. The Labute approximate surface area is 206 Å². The molecule has 5 rings (SSSR count). The van der Waals surface area contributed by atoms with E-state index in [0.717, 1.165) is 16.9 Å². The molecule has 0 spiro atoms. The van der Waals surface area contributed by atoms with Crippen molar-refractivity contribution in [2.24, 2.45) is 0 Å². The molecule has 0 aliphatic rings. The number of anilines is 2. The molecule has 5 aromatic rings. The molecule has 2 heterocycles. The van der Waals surface area contributed by atoms with E-state index in [9.17, 15) is 13.2 Å². The summed E-state index contributed by atoms with van der Waals surface area (Å²) >= 11 is 1.19. The Bertz CT molecular complexity index is 1490. The van der Waals surface area contributed by atoms with Crippen LogP contribution >= 0.6 is 11.3 Å². The second-order valence-corrected chi connectivity index (χ2v) is 10.0. The Balaban J connectivity index is 1.39. The molecular formula is C25H19N5O3S2. The number of carbonyl (C=O) groups excluding carboxylic acids is 1. The van der Waals surface area contributed by atoms with Crippen LogP contribution in [0.2, 0.25) is 0 Å². The van der Waals surface area contributed by atoms with Crippen LogP contribution in [-0.4, -0.2) is 29.1 Å². The normalized spacial score (nSPS) is 11.2. The van der Waals surface area contributed by atoms with Gasteiger partial charge in [0.15, 0.2) is 10.8 Å². The molecule has 8 nitrogen and oxygen atoms in total. The van der Waals surface area contributed by atoms with E-state index in [4.69, 9.17) is 0 Å². The Morgan fingerprint density at radius 1 is 0.886 bits per heavy atom. The molecule has 0 saturated carbocycles. The van der Waals surface area contributed by atoms with Crippen molar-refractivity contribution < 1.29 is 13.2 Å². The van der Waals surface area contributed by atoms with E-state index >= 15 is 0 Å². The lowest BCUT2D eigenvalue weighted by Gasteiger charge is -2.07. The van der Waals surface area contributed by atoms with Crippen LogP contribution in [0.5, 0.6) is 0 Å². The molecule has 0 aliphatic heterocycles. The second kappa shape index (κ2) is 9.53. The maximum absolute atomic E-state index is 13.0. The fraction of sp³-hybridized carbons (Fsp3) is 0. The third-order valence-electron chi connectivity index (χ3n) is 5.09. The van der Waals surface area contributed by atoms with E-state index < -0.39 is 15.9 Å². The van der Waals surface area contributed by atoms with Gasteiger partial charge < -0.3 is 5.32 Å². The summed E-state index contributed by atoms with van der Waals surface area (Å²) in [4.78, 5) is 17.0. The van der Waals surface area contributed by atoms with Crippen molar-refractivity contribution in [3.63, 3.8) is 0 Å². The molecule has 174 valence electrons. The Morgan fingerprint density at radius 2 is 1.57 bits per heavy atom. The topological polar surface area (TPSA) is 106 Å². The Morgan fingerprint density at radius 3 is 2.23 bits per heavy atom. The molecule has 3 aromatic carbocycles.